The fourth-order valence-electron chi connectivity index (χ4n) is 2.33. The lowest BCUT2D eigenvalue weighted by molar-refractivity contribution is 0.249. The van der Waals surface area contributed by atoms with Gasteiger partial charge in [0.05, 0.1) is 6.61 Å². The molecule has 2 nitrogen and oxygen atoms in total. The quantitative estimate of drug-likeness (QED) is 0.654. The lowest BCUT2D eigenvalue weighted by Crippen LogP contribution is -2.25. The molecule has 1 aromatic carbocycles. The van der Waals surface area contributed by atoms with E-state index in [9.17, 15) is 0 Å². The molecule has 0 N–H and O–H groups in total. The summed E-state index contributed by atoms with van der Waals surface area (Å²) in [4.78, 5) is 2.43. The Morgan fingerprint density at radius 1 is 1.00 bits per heavy atom. The smallest absolute Gasteiger partial charge is 0.119 e. The van der Waals surface area contributed by atoms with E-state index in [1.54, 1.807) is 0 Å². The molecule has 0 aromatic heterocycles. The maximum atomic E-state index is 5.80. The van der Waals surface area contributed by atoms with Crippen molar-refractivity contribution < 1.29 is 4.74 Å². The Kier molecular flexibility index (Phi) is 7.08. The van der Waals surface area contributed by atoms with Gasteiger partial charge >= 0.3 is 0 Å². The standard InChI is InChI=1S/C18H31NO/c1-6-19(7-2)13-8-14-20-17-11-9-16(10-12-17)15-18(3,4)5/h9-12H,6-8,13-15H2,1-5H3. The lowest BCUT2D eigenvalue weighted by Gasteiger charge is -2.19. The summed E-state index contributed by atoms with van der Waals surface area (Å²) < 4.78 is 5.80. The molecule has 114 valence electrons. The summed E-state index contributed by atoms with van der Waals surface area (Å²) in [6, 6.07) is 8.56. The maximum Gasteiger partial charge on any atom is 0.119 e. The first-order chi connectivity index (χ1) is 9.44. The van der Waals surface area contributed by atoms with Crippen LogP contribution in [0.5, 0.6) is 5.75 Å². The van der Waals surface area contributed by atoms with Crippen LogP contribution in [0.2, 0.25) is 0 Å². The molecular formula is C18H31NO. The van der Waals surface area contributed by atoms with Crippen LogP contribution in [0.1, 0.15) is 46.6 Å². The van der Waals surface area contributed by atoms with Crippen molar-refractivity contribution in [2.45, 2.75) is 47.5 Å². The van der Waals surface area contributed by atoms with Gasteiger partial charge in [0.15, 0.2) is 0 Å². The summed E-state index contributed by atoms with van der Waals surface area (Å²) >= 11 is 0. The van der Waals surface area contributed by atoms with E-state index in [0.717, 1.165) is 44.8 Å². The Morgan fingerprint density at radius 3 is 2.10 bits per heavy atom. The van der Waals surface area contributed by atoms with Crippen molar-refractivity contribution in [1.82, 2.24) is 4.90 Å². The molecule has 0 radical (unpaired) electrons. The fraction of sp³-hybridized carbons (Fsp3) is 0.667. The normalized spacial score (nSPS) is 11.9. The van der Waals surface area contributed by atoms with Crippen LogP contribution in [-0.2, 0) is 6.42 Å². The zero-order valence-electron chi connectivity index (χ0n) is 13.9. The lowest BCUT2D eigenvalue weighted by atomic mass is 9.88. The predicted molar refractivity (Wildman–Crippen MR) is 87.5 cm³/mol. The van der Waals surface area contributed by atoms with Crippen LogP contribution in [0.25, 0.3) is 0 Å². The number of benzene rings is 1. The maximum absolute atomic E-state index is 5.80. The van der Waals surface area contributed by atoms with E-state index in [1.807, 2.05) is 0 Å². The van der Waals surface area contributed by atoms with Crippen LogP contribution < -0.4 is 4.74 Å². The Morgan fingerprint density at radius 2 is 1.60 bits per heavy atom. The number of ether oxygens (including phenoxy) is 1. The van der Waals surface area contributed by atoms with Crippen LogP contribution in [-0.4, -0.2) is 31.1 Å². The van der Waals surface area contributed by atoms with Gasteiger partial charge in [-0.25, -0.2) is 0 Å². The van der Waals surface area contributed by atoms with Crippen molar-refractivity contribution in [2.24, 2.45) is 5.41 Å². The second-order valence-electron chi connectivity index (χ2n) is 6.61. The zero-order valence-corrected chi connectivity index (χ0v) is 13.9. The van der Waals surface area contributed by atoms with E-state index < -0.39 is 0 Å². The molecule has 0 aliphatic rings. The molecule has 0 atom stereocenters. The Labute approximate surface area is 125 Å². The SMILES string of the molecule is CCN(CC)CCCOc1ccc(CC(C)(C)C)cc1. The monoisotopic (exact) mass is 277 g/mol. The first-order valence-corrected chi connectivity index (χ1v) is 7.88. The van der Waals surface area contributed by atoms with Crippen molar-refractivity contribution in [3.05, 3.63) is 29.8 Å². The molecule has 0 amide bonds. The van der Waals surface area contributed by atoms with Gasteiger partial charge in [0.25, 0.3) is 0 Å². The third-order valence-corrected chi connectivity index (χ3v) is 3.44. The highest BCUT2D eigenvalue weighted by molar-refractivity contribution is 5.27. The van der Waals surface area contributed by atoms with Gasteiger partial charge in [-0.3, -0.25) is 0 Å². The van der Waals surface area contributed by atoms with Gasteiger partial charge < -0.3 is 9.64 Å². The first kappa shape index (κ1) is 17.0. The molecule has 20 heavy (non-hydrogen) atoms. The minimum absolute atomic E-state index is 0.339. The van der Waals surface area contributed by atoms with Gasteiger partial charge in [-0.1, -0.05) is 46.8 Å². The highest BCUT2D eigenvalue weighted by Gasteiger charge is 2.10. The Balaban J connectivity index is 2.31. The fourth-order valence-corrected chi connectivity index (χ4v) is 2.33. The third-order valence-electron chi connectivity index (χ3n) is 3.44. The molecule has 0 bridgehead atoms. The number of nitrogens with zero attached hydrogens (tertiary/aromatic N) is 1. The van der Waals surface area contributed by atoms with Gasteiger partial charge in [0.2, 0.25) is 0 Å². The molecule has 0 spiro atoms. The van der Waals surface area contributed by atoms with Crippen molar-refractivity contribution >= 4 is 0 Å². The molecule has 1 rings (SSSR count). The van der Waals surface area contributed by atoms with Crippen molar-refractivity contribution in [3.63, 3.8) is 0 Å². The van der Waals surface area contributed by atoms with Gasteiger partial charge in [0.1, 0.15) is 5.75 Å². The molecule has 0 aliphatic heterocycles. The molecule has 0 saturated carbocycles. The summed E-state index contributed by atoms with van der Waals surface area (Å²) in [6.07, 6.45) is 2.20. The number of hydrogen-bond donors (Lipinski definition) is 0. The second-order valence-corrected chi connectivity index (χ2v) is 6.61. The molecule has 0 saturated heterocycles. The third kappa shape index (κ3) is 6.95. The molecule has 0 heterocycles. The largest absolute Gasteiger partial charge is 0.494 e. The summed E-state index contributed by atoms with van der Waals surface area (Å²) in [5, 5.41) is 0. The van der Waals surface area contributed by atoms with Crippen LogP contribution in [0.4, 0.5) is 0 Å². The van der Waals surface area contributed by atoms with Crippen molar-refractivity contribution in [3.8, 4) is 5.75 Å². The minimum atomic E-state index is 0.339. The van der Waals surface area contributed by atoms with E-state index in [0.29, 0.717) is 5.41 Å². The minimum Gasteiger partial charge on any atom is -0.494 e. The highest BCUT2D eigenvalue weighted by atomic mass is 16.5. The van der Waals surface area contributed by atoms with Crippen molar-refractivity contribution in [1.29, 1.82) is 0 Å². The molecular weight excluding hydrogens is 246 g/mol. The topological polar surface area (TPSA) is 12.5 Å². The number of rotatable bonds is 8. The summed E-state index contributed by atoms with van der Waals surface area (Å²) in [5.74, 6) is 0.988. The van der Waals surface area contributed by atoms with Gasteiger partial charge in [-0.15, -0.1) is 0 Å². The Bertz CT molecular complexity index is 360. The van der Waals surface area contributed by atoms with E-state index in [4.69, 9.17) is 4.74 Å². The van der Waals surface area contributed by atoms with Gasteiger partial charge in [-0.05, 0) is 49.0 Å². The molecule has 0 unspecified atom stereocenters. The predicted octanol–water partition coefficient (Wildman–Crippen LogP) is 4.39. The summed E-state index contributed by atoms with van der Waals surface area (Å²) in [7, 11) is 0. The second kappa shape index (κ2) is 8.31. The highest BCUT2D eigenvalue weighted by Crippen LogP contribution is 2.22. The molecule has 1 aromatic rings. The average molecular weight is 277 g/mol. The van der Waals surface area contributed by atoms with Crippen LogP contribution in [0, 0.1) is 5.41 Å². The van der Waals surface area contributed by atoms with Crippen LogP contribution in [0.15, 0.2) is 24.3 Å². The molecule has 0 fully saturated rings. The summed E-state index contributed by atoms with van der Waals surface area (Å²) in [5.41, 5.74) is 1.72. The van der Waals surface area contributed by atoms with E-state index in [2.05, 4.69) is 63.8 Å². The summed E-state index contributed by atoms with van der Waals surface area (Å²) in [6.45, 7) is 15.4. The van der Waals surface area contributed by atoms with Gasteiger partial charge in [-0.2, -0.15) is 0 Å². The van der Waals surface area contributed by atoms with Crippen molar-refractivity contribution in [2.75, 3.05) is 26.2 Å². The molecule has 2 heteroatoms. The zero-order chi connectivity index (χ0) is 15.0. The van der Waals surface area contributed by atoms with Gasteiger partial charge in [0, 0.05) is 6.54 Å². The number of hydrogen-bond acceptors (Lipinski definition) is 2. The Hall–Kier alpha value is -1.02. The average Bonchev–Trinajstić information content (AvgIpc) is 2.39. The van der Waals surface area contributed by atoms with E-state index >= 15 is 0 Å². The van der Waals surface area contributed by atoms with E-state index in [-0.39, 0.29) is 0 Å². The van der Waals surface area contributed by atoms with Crippen LogP contribution in [0.3, 0.4) is 0 Å². The first-order valence-electron chi connectivity index (χ1n) is 7.88. The van der Waals surface area contributed by atoms with Crippen LogP contribution >= 0.6 is 0 Å². The van der Waals surface area contributed by atoms with E-state index in [1.165, 1.54) is 5.56 Å². The molecule has 0 aliphatic carbocycles.